The van der Waals surface area contributed by atoms with Crippen molar-refractivity contribution in [2.75, 3.05) is 19.7 Å². The van der Waals surface area contributed by atoms with E-state index in [4.69, 9.17) is 4.74 Å². The third kappa shape index (κ3) is 2.37. The summed E-state index contributed by atoms with van der Waals surface area (Å²) in [6, 6.07) is 5.93. The molecule has 4 rings (SSSR count). The largest absolute Gasteiger partial charge is 0.368 e. The summed E-state index contributed by atoms with van der Waals surface area (Å²) >= 11 is 0. The molecule has 2 aromatic heterocycles. The zero-order valence-corrected chi connectivity index (χ0v) is 12.5. The molecule has 2 fully saturated rings. The molecule has 0 spiro atoms. The topological polar surface area (TPSA) is 59.7 Å². The first kappa shape index (κ1) is 13.7. The fourth-order valence-electron chi connectivity index (χ4n) is 3.47. The minimum Gasteiger partial charge on any atom is -0.368 e. The second-order valence-corrected chi connectivity index (χ2v) is 6.09. The van der Waals surface area contributed by atoms with Gasteiger partial charge in [0.05, 0.1) is 0 Å². The Hall–Kier alpha value is -1.95. The summed E-state index contributed by atoms with van der Waals surface area (Å²) in [4.78, 5) is 14.3. The molecule has 0 aromatic carbocycles. The minimum absolute atomic E-state index is 0.169. The molecule has 0 bridgehead atoms. The van der Waals surface area contributed by atoms with Crippen LogP contribution in [0.5, 0.6) is 0 Å². The molecule has 0 N–H and O–H groups in total. The number of hydrogen-bond donors (Lipinski definition) is 0. The van der Waals surface area contributed by atoms with E-state index in [2.05, 4.69) is 14.6 Å². The van der Waals surface area contributed by atoms with Crippen molar-refractivity contribution in [2.24, 2.45) is 0 Å². The van der Waals surface area contributed by atoms with Gasteiger partial charge in [0.15, 0.2) is 5.65 Å². The standard InChI is InChI=1S/C16H20N4O2/c21-16(13-4-3-11-22-13)19-9-6-12(7-10-19)15-18-17-14-5-1-2-8-20(14)15/h1-2,5,8,12-13H,3-4,6-7,9-11H2/t13-/m1/s1. The molecular formula is C16H20N4O2. The summed E-state index contributed by atoms with van der Waals surface area (Å²) in [5.74, 6) is 1.55. The second kappa shape index (κ2) is 5.68. The maximum atomic E-state index is 12.4. The number of amides is 1. The van der Waals surface area contributed by atoms with Crippen LogP contribution in [-0.4, -0.2) is 51.2 Å². The summed E-state index contributed by atoms with van der Waals surface area (Å²) in [5, 5.41) is 8.57. The van der Waals surface area contributed by atoms with Gasteiger partial charge in [-0.25, -0.2) is 0 Å². The zero-order valence-electron chi connectivity index (χ0n) is 12.5. The first-order valence-electron chi connectivity index (χ1n) is 8.03. The van der Waals surface area contributed by atoms with Crippen molar-refractivity contribution in [1.29, 1.82) is 0 Å². The van der Waals surface area contributed by atoms with Crippen LogP contribution in [-0.2, 0) is 9.53 Å². The average Bonchev–Trinajstić information content (AvgIpc) is 3.24. The molecule has 0 saturated carbocycles. The molecular weight excluding hydrogens is 280 g/mol. The summed E-state index contributed by atoms with van der Waals surface area (Å²) in [6.45, 7) is 2.29. The van der Waals surface area contributed by atoms with Crippen molar-refractivity contribution in [3.63, 3.8) is 0 Å². The number of rotatable bonds is 2. The van der Waals surface area contributed by atoms with E-state index in [0.717, 1.165) is 56.9 Å². The van der Waals surface area contributed by atoms with Crippen LogP contribution in [0.25, 0.3) is 5.65 Å². The normalized spacial score (nSPS) is 23.3. The van der Waals surface area contributed by atoms with Gasteiger partial charge >= 0.3 is 0 Å². The maximum Gasteiger partial charge on any atom is 0.251 e. The van der Waals surface area contributed by atoms with Crippen molar-refractivity contribution in [2.45, 2.75) is 37.7 Å². The number of piperidine rings is 1. The summed E-state index contributed by atoms with van der Waals surface area (Å²) in [6.07, 6.45) is 5.55. The molecule has 6 nitrogen and oxygen atoms in total. The molecule has 0 aliphatic carbocycles. The van der Waals surface area contributed by atoms with Crippen LogP contribution < -0.4 is 0 Å². The maximum absolute atomic E-state index is 12.4. The molecule has 6 heteroatoms. The zero-order chi connectivity index (χ0) is 14.9. The Morgan fingerprint density at radius 2 is 2.05 bits per heavy atom. The lowest BCUT2D eigenvalue weighted by molar-refractivity contribution is -0.142. The smallest absolute Gasteiger partial charge is 0.251 e. The van der Waals surface area contributed by atoms with E-state index in [9.17, 15) is 4.79 Å². The van der Waals surface area contributed by atoms with Crippen LogP contribution >= 0.6 is 0 Å². The van der Waals surface area contributed by atoms with E-state index < -0.39 is 0 Å². The van der Waals surface area contributed by atoms with Gasteiger partial charge in [-0.15, -0.1) is 10.2 Å². The molecule has 116 valence electrons. The Labute approximate surface area is 129 Å². The van der Waals surface area contributed by atoms with Crippen LogP contribution in [0, 0.1) is 0 Å². The van der Waals surface area contributed by atoms with Gasteiger partial charge in [0.2, 0.25) is 0 Å². The van der Waals surface area contributed by atoms with E-state index in [1.807, 2.05) is 29.3 Å². The van der Waals surface area contributed by atoms with E-state index in [-0.39, 0.29) is 12.0 Å². The monoisotopic (exact) mass is 300 g/mol. The number of ether oxygens (including phenoxy) is 1. The molecule has 2 aliphatic rings. The van der Waals surface area contributed by atoms with Crippen LogP contribution in [0.15, 0.2) is 24.4 Å². The minimum atomic E-state index is -0.203. The van der Waals surface area contributed by atoms with Crippen molar-refractivity contribution < 1.29 is 9.53 Å². The molecule has 4 heterocycles. The Balaban J connectivity index is 1.44. The first-order chi connectivity index (χ1) is 10.8. The van der Waals surface area contributed by atoms with Crippen molar-refractivity contribution in [3.8, 4) is 0 Å². The molecule has 1 atom stereocenters. The highest BCUT2D eigenvalue weighted by atomic mass is 16.5. The van der Waals surface area contributed by atoms with Gasteiger partial charge < -0.3 is 9.64 Å². The van der Waals surface area contributed by atoms with Gasteiger partial charge in [-0.1, -0.05) is 6.07 Å². The van der Waals surface area contributed by atoms with Crippen LogP contribution in [0.2, 0.25) is 0 Å². The van der Waals surface area contributed by atoms with Gasteiger partial charge in [-0.05, 0) is 37.8 Å². The van der Waals surface area contributed by atoms with Crippen LogP contribution in [0.1, 0.15) is 37.4 Å². The Bertz CT molecular complexity index is 670. The summed E-state index contributed by atoms with van der Waals surface area (Å²) in [5.41, 5.74) is 0.885. The van der Waals surface area contributed by atoms with E-state index >= 15 is 0 Å². The summed E-state index contributed by atoms with van der Waals surface area (Å²) < 4.78 is 7.56. The van der Waals surface area contributed by atoms with Gasteiger partial charge in [-0.2, -0.15) is 0 Å². The molecule has 0 radical (unpaired) electrons. The third-order valence-corrected chi connectivity index (χ3v) is 4.72. The fraction of sp³-hybridized carbons (Fsp3) is 0.562. The van der Waals surface area contributed by atoms with Crippen LogP contribution in [0.4, 0.5) is 0 Å². The Morgan fingerprint density at radius 1 is 1.18 bits per heavy atom. The van der Waals surface area contributed by atoms with Gasteiger partial charge in [0.25, 0.3) is 5.91 Å². The number of likely N-dealkylation sites (tertiary alicyclic amines) is 1. The second-order valence-electron chi connectivity index (χ2n) is 6.09. The lowest BCUT2D eigenvalue weighted by Crippen LogP contribution is -2.43. The predicted molar refractivity (Wildman–Crippen MR) is 80.5 cm³/mol. The lowest BCUT2D eigenvalue weighted by atomic mass is 9.95. The number of aromatic nitrogens is 3. The van der Waals surface area contributed by atoms with E-state index in [1.54, 1.807) is 0 Å². The van der Waals surface area contributed by atoms with E-state index in [0.29, 0.717) is 5.92 Å². The average molecular weight is 300 g/mol. The SMILES string of the molecule is O=C([C@H]1CCCO1)N1CCC(c2nnc3ccccn23)CC1. The first-order valence-corrected chi connectivity index (χ1v) is 8.03. The fourth-order valence-corrected chi connectivity index (χ4v) is 3.47. The molecule has 2 saturated heterocycles. The number of carbonyl (C=O) groups is 1. The number of hydrogen-bond acceptors (Lipinski definition) is 4. The number of carbonyl (C=O) groups excluding carboxylic acids is 1. The lowest BCUT2D eigenvalue weighted by Gasteiger charge is -2.32. The third-order valence-electron chi connectivity index (χ3n) is 4.72. The molecule has 0 unspecified atom stereocenters. The molecule has 22 heavy (non-hydrogen) atoms. The summed E-state index contributed by atoms with van der Waals surface area (Å²) in [7, 11) is 0. The van der Waals surface area contributed by atoms with Crippen molar-refractivity contribution in [3.05, 3.63) is 30.2 Å². The molecule has 2 aromatic rings. The predicted octanol–water partition coefficient (Wildman–Crippen LogP) is 1.61. The molecule has 2 aliphatic heterocycles. The Kier molecular flexibility index (Phi) is 3.54. The number of pyridine rings is 1. The number of nitrogens with zero attached hydrogens (tertiary/aromatic N) is 4. The Morgan fingerprint density at radius 3 is 2.82 bits per heavy atom. The van der Waals surface area contributed by atoms with Gasteiger partial charge in [0, 0.05) is 31.8 Å². The van der Waals surface area contributed by atoms with Crippen molar-refractivity contribution >= 4 is 11.6 Å². The number of fused-ring (bicyclic) bond motifs is 1. The van der Waals surface area contributed by atoms with Crippen molar-refractivity contribution in [1.82, 2.24) is 19.5 Å². The van der Waals surface area contributed by atoms with E-state index in [1.165, 1.54) is 0 Å². The molecule has 1 amide bonds. The quantitative estimate of drug-likeness (QED) is 0.845. The highest BCUT2D eigenvalue weighted by molar-refractivity contribution is 5.81. The highest BCUT2D eigenvalue weighted by Crippen LogP contribution is 2.28. The van der Waals surface area contributed by atoms with Gasteiger partial charge in [-0.3, -0.25) is 9.20 Å². The highest BCUT2D eigenvalue weighted by Gasteiger charge is 2.32. The van der Waals surface area contributed by atoms with Gasteiger partial charge in [0.1, 0.15) is 11.9 Å². The van der Waals surface area contributed by atoms with Crippen LogP contribution in [0.3, 0.4) is 0 Å².